The molecule has 0 fully saturated rings. The molecule has 1 atom stereocenters. The Balaban J connectivity index is 2.58. The van der Waals surface area contributed by atoms with E-state index >= 15 is 0 Å². The molecule has 0 aliphatic rings. The molecular weight excluding hydrogens is 219 g/mol. The first-order valence-electron chi connectivity index (χ1n) is 4.68. The number of alkyl halides is 1. The number of carbonyl (C=O) groups is 1. The summed E-state index contributed by atoms with van der Waals surface area (Å²) >= 11 is 5.73. The molecule has 1 aromatic carbocycles. The predicted octanol–water partition coefficient (Wildman–Crippen LogP) is 2.78. The fourth-order valence-electron chi connectivity index (χ4n) is 1.19. The number of carbonyl (C=O) groups excluding carboxylic acids is 1. The molecule has 0 N–H and O–H groups in total. The summed E-state index contributed by atoms with van der Waals surface area (Å²) in [5.41, 5.74) is 0.683. The van der Waals surface area contributed by atoms with E-state index < -0.39 is 12.1 Å². The van der Waals surface area contributed by atoms with Gasteiger partial charge in [-0.3, -0.25) is 0 Å². The van der Waals surface area contributed by atoms with E-state index in [2.05, 4.69) is 4.74 Å². The number of hydrogen-bond acceptors (Lipinski definition) is 2. The molecule has 0 radical (unpaired) electrons. The van der Waals surface area contributed by atoms with Crippen molar-refractivity contribution in [3.05, 3.63) is 34.9 Å². The van der Waals surface area contributed by atoms with Gasteiger partial charge >= 0.3 is 5.97 Å². The Kier molecular flexibility index (Phi) is 4.56. The van der Waals surface area contributed by atoms with Gasteiger partial charge in [-0.05, 0) is 24.6 Å². The van der Waals surface area contributed by atoms with Crippen LogP contribution in [0.3, 0.4) is 0 Å². The van der Waals surface area contributed by atoms with E-state index in [0.717, 1.165) is 0 Å². The van der Waals surface area contributed by atoms with Gasteiger partial charge in [-0.25, -0.2) is 9.18 Å². The molecule has 0 amide bonds. The lowest BCUT2D eigenvalue weighted by molar-refractivity contribution is -0.149. The second-order valence-electron chi connectivity index (χ2n) is 3.05. The number of halogens is 2. The summed E-state index contributed by atoms with van der Waals surface area (Å²) in [5.74, 6) is -0.822. The number of ether oxygens (including phenoxy) is 1. The van der Waals surface area contributed by atoms with Gasteiger partial charge in [0.25, 0.3) is 0 Å². The molecule has 0 aromatic heterocycles. The lowest BCUT2D eigenvalue weighted by atomic mass is 10.1. The first-order chi connectivity index (χ1) is 7.13. The van der Waals surface area contributed by atoms with Crippen LogP contribution in [0.25, 0.3) is 0 Å². The zero-order chi connectivity index (χ0) is 11.3. The summed E-state index contributed by atoms with van der Waals surface area (Å²) < 4.78 is 17.8. The maximum atomic E-state index is 13.3. The first-order valence-corrected chi connectivity index (χ1v) is 5.06. The van der Waals surface area contributed by atoms with E-state index in [1.54, 1.807) is 31.2 Å². The highest BCUT2D eigenvalue weighted by Crippen LogP contribution is 2.13. The summed E-state index contributed by atoms with van der Waals surface area (Å²) in [7, 11) is 0. The van der Waals surface area contributed by atoms with E-state index in [-0.39, 0.29) is 13.0 Å². The molecule has 2 nitrogen and oxygen atoms in total. The second-order valence-corrected chi connectivity index (χ2v) is 3.49. The van der Waals surface area contributed by atoms with E-state index in [1.807, 2.05) is 0 Å². The summed E-state index contributed by atoms with van der Waals surface area (Å²) in [5, 5.41) is 0.531. The number of hydrogen-bond donors (Lipinski definition) is 0. The number of rotatable bonds is 4. The van der Waals surface area contributed by atoms with E-state index in [4.69, 9.17) is 11.6 Å². The number of esters is 1. The van der Waals surface area contributed by atoms with Gasteiger partial charge < -0.3 is 4.74 Å². The molecule has 0 bridgehead atoms. The van der Waals surface area contributed by atoms with Crippen molar-refractivity contribution >= 4 is 17.6 Å². The van der Waals surface area contributed by atoms with Gasteiger partial charge in [0.05, 0.1) is 6.61 Å². The standard InChI is InChI=1S/C11H12ClFO2/c1-2-15-11(14)10(13)7-8-4-3-5-9(12)6-8/h3-6,10H,2,7H2,1H3. The van der Waals surface area contributed by atoms with E-state index in [1.165, 1.54) is 0 Å². The fourth-order valence-corrected chi connectivity index (χ4v) is 1.40. The third kappa shape index (κ3) is 3.88. The minimum atomic E-state index is -1.62. The average Bonchev–Trinajstić information content (AvgIpc) is 2.18. The molecule has 1 aromatic rings. The Morgan fingerprint density at radius 2 is 2.33 bits per heavy atom. The van der Waals surface area contributed by atoms with Crippen molar-refractivity contribution in [2.45, 2.75) is 19.5 Å². The SMILES string of the molecule is CCOC(=O)C(F)Cc1cccc(Cl)c1. The normalized spacial score (nSPS) is 12.2. The molecule has 0 spiro atoms. The molecule has 1 rings (SSSR count). The quantitative estimate of drug-likeness (QED) is 0.744. The predicted molar refractivity (Wildman–Crippen MR) is 56.7 cm³/mol. The summed E-state index contributed by atoms with van der Waals surface area (Å²) in [6.07, 6.45) is -1.62. The van der Waals surface area contributed by atoms with Crippen LogP contribution >= 0.6 is 11.6 Å². The van der Waals surface area contributed by atoms with Crippen LogP contribution in [0.15, 0.2) is 24.3 Å². The molecule has 0 heterocycles. The highest BCUT2D eigenvalue weighted by atomic mass is 35.5. The molecule has 0 aliphatic heterocycles. The van der Waals surface area contributed by atoms with Crippen LogP contribution in [-0.4, -0.2) is 18.7 Å². The maximum Gasteiger partial charge on any atom is 0.341 e. The monoisotopic (exact) mass is 230 g/mol. The molecule has 82 valence electrons. The molecule has 1 unspecified atom stereocenters. The molecular formula is C11H12ClFO2. The topological polar surface area (TPSA) is 26.3 Å². The van der Waals surface area contributed by atoms with Crippen LogP contribution in [0.5, 0.6) is 0 Å². The summed E-state index contributed by atoms with van der Waals surface area (Å²) in [6, 6.07) is 6.77. The Morgan fingerprint density at radius 3 is 2.93 bits per heavy atom. The van der Waals surface area contributed by atoms with Crippen molar-refractivity contribution in [2.75, 3.05) is 6.61 Å². The van der Waals surface area contributed by atoms with Gasteiger partial charge in [0, 0.05) is 11.4 Å². The van der Waals surface area contributed by atoms with Crippen molar-refractivity contribution < 1.29 is 13.9 Å². The van der Waals surface area contributed by atoms with Gasteiger partial charge in [-0.2, -0.15) is 0 Å². The Morgan fingerprint density at radius 1 is 1.60 bits per heavy atom. The third-order valence-electron chi connectivity index (χ3n) is 1.85. The van der Waals surface area contributed by atoms with Crippen molar-refractivity contribution in [2.24, 2.45) is 0 Å². The van der Waals surface area contributed by atoms with Gasteiger partial charge in [0.15, 0.2) is 0 Å². The lowest BCUT2D eigenvalue weighted by Crippen LogP contribution is -2.21. The third-order valence-corrected chi connectivity index (χ3v) is 2.08. The smallest absolute Gasteiger partial charge is 0.341 e. The summed E-state index contributed by atoms with van der Waals surface area (Å²) in [4.78, 5) is 11.0. The van der Waals surface area contributed by atoms with Crippen molar-refractivity contribution in [1.29, 1.82) is 0 Å². The van der Waals surface area contributed by atoms with Crippen molar-refractivity contribution in [3.63, 3.8) is 0 Å². The zero-order valence-electron chi connectivity index (χ0n) is 8.37. The zero-order valence-corrected chi connectivity index (χ0v) is 9.13. The van der Waals surface area contributed by atoms with E-state index in [0.29, 0.717) is 10.6 Å². The van der Waals surface area contributed by atoms with Crippen LogP contribution < -0.4 is 0 Å². The molecule has 4 heteroatoms. The minimum Gasteiger partial charge on any atom is -0.464 e. The molecule has 0 saturated carbocycles. The molecule has 15 heavy (non-hydrogen) atoms. The van der Waals surface area contributed by atoms with Crippen molar-refractivity contribution in [3.8, 4) is 0 Å². The highest BCUT2D eigenvalue weighted by Gasteiger charge is 2.18. The Bertz CT molecular complexity index is 341. The minimum absolute atomic E-state index is 0.000602. The highest BCUT2D eigenvalue weighted by molar-refractivity contribution is 6.30. The Hall–Kier alpha value is -1.09. The first kappa shape index (κ1) is 12.0. The second kappa shape index (κ2) is 5.71. The number of benzene rings is 1. The molecule has 0 saturated heterocycles. The van der Waals surface area contributed by atoms with Crippen LogP contribution in [0.2, 0.25) is 5.02 Å². The maximum absolute atomic E-state index is 13.3. The fraction of sp³-hybridized carbons (Fsp3) is 0.364. The van der Waals surface area contributed by atoms with Crippen LogP contribution in [0.4, 0.5) is 4.39 Å². The lowest BCUT2D eigenvalue weighted by Gasteiger charge is -2.07. The van der Waals surface area contributed by atoms with Gasteiger partial charge in [-0.1, -0.05) is 23.7 Å². The van der Waals surface area contributed by atoms with Gasteiger partial charge in [0.2, 0.25) is 6.17 Å². The van der Waals surface area contributed by atoms with Gasteiger partial charge in [-0.15, -0.1) is 0 Å². The van der Waals surface area contributed by atoms with Crippen LogP contribution in [0.1, 0.15) is 12.5 Å². The average molecular weight is 231 g/mol. The van der Waals surface area contributed by atoms with Gasteiger partial charge in [0.1, 0.15) is 0 Å². The van der Waals surface area contributed by atoms with E-state index in [9.17, 15) is 9.18 Å². The van der Waals surface area contributed by atoms with Crippen molar-refractivity contribution in [1.82, 2.24) is 0 Å². The summed E-state index contributed by atoms with van der Waals surface area (Å²) in [6.45, 7) is 1.83. The van der Waals surface area contributed by atoms with Crippen LogP contribution in [0, 0.1) is 0 Å². The largest absolute Gasteiger partial charge is 0.464 e. The Labute approximate surface area is 93.0 Å². The molecule has 0 aliphatic carbocycles. The van der Waals surface area contributed by atoms with Crippen LogP contribution in [-0.2, 0) is 16.0 Å².